The third kappa shape index (κ3) is 2.71. The number of ether oxygens (including phenoxy) is 1. The normalized spacial score (nSPS) is 19.6. The van der Waals surface area contributed by atoms with Crippen molar-refractivity contribution in [2.45, 2.75) is 12.8 Å². The average molecular weight is 246 g/mol. The highest BCUT2D eigenvalue weighted by molar-refractivity contribution is 5.55. The molecule has 18 heavy (non-hydrogen) atoms. The standard InChI is InChI=1S/C13H18N4O/c1-18-9-10-3-2-6-17(8-10)13-5-4-11(15)12(7-14)16-13/h4-5,10H,2-3,6,8-9,15H2,1H3. The lowest BCUT2D eigenvalue weighted by Gasteiger charge is -2.33. The van der Waals surface area contributed by atoms with E-state index in [1.807, 2.05) is 12.1 Å². The zero-order valence-corrected chi connectivity index (χ0v) is 10.6. The van der Waals surface area contributed by atoms with Gasteiger partial charge in [-0.05, 0) is 30.9 Å². The van der Waals surface area contributed by atoms with Gasteiger partial charge in [0.25, 0.3) is 0 Å². The molecule has 0 bridgehead atoms. The fourth-order valence-corrected chi connectivity index (χ4v) is 2.37. The van der Waals surface area contributed by atoms with E-state index in [2.05, 4.69) is 9.88 Å². The molecule has 0 spiro atoms. The predicted molar refractivity (Wildman–Crippen MR) is 70.2 cm³/mol. The van der Waals surface area contributed by atoms with Crippen LogP contribution >= 0.6 is 0 Å². The third-order valence-corrected chi connectivity index (χ3v) is 3.26. The van der Waals surface area contributed by atoms with Crippen molar-refractivity contribution in [3.05, 3.63) is 17.8 Å². The molecule has 0 aliphatic carbocycles. The number of nitriles is 1. The fourth-order valence-electron chi connectivity index (χ4n) is 2.37. The van der Waals surface area contributed by atoms with Crippen LogP contribution in [0.2, 0.25) is 0 Å². The van der Waals surface area contributed by atoms with Crippen LogP contribution in [-0.4, -0.2) is 31.8 Å². The predicted octanol–water partition coefficient (Wildman–Crippen LogP) is 1.40. The molecule has 0 amide bonds. The molecule has 0 radical (unpaired) electrons. The minimum Gasteiger partial charge on any atom is -0.396 e. The number of rotatable bonds is 3. The lowest BCUT2D eigenvalue weighted by molar-refractivity contribution is 0.143. The zero-order chi connectivity index (χ0) is 13.0. The van der Waals surface area contributed by atoms with E-state index in [-0.39, 0.29) is 0 Å². The van der Waals surface area contributed by atoms with Gasteiger partial charge in [-0.1, -0.05) is 0 Å². The Morgan fingerprint density at radius 2 is 2.44 bits per heavy atom. The number of hydrogen-bond donors (Lipinski definition) is 1. The van der Waals surface area contributed by atoms with Gasteiger partial charge in [0.1, 0.15) is 11.9 Å². The number of piperidine rings is 1. The summed E-state index contributed by atoms with van der Waals surface area (Å²) in [5, 5.41) is 8.95. The Labute approximate surface area is 107 Å². The molecule has 5 heteroatoms. The molecule has 2 N–H and O–H groups in total. The Hall–Kier alpha value is -1.80. The van der Waals surface area contributed by atoms with Crippen molar-refractivity contribution in [3.63, 3.8) is 0 Å². The molecule has 0 saturated carbocycles. The molecule has 1 fully saturated rings. The van der Waals surface area contributed by atoms with E-state index in [9.17, 15) is 0 Å². The van der Waals surface area contributed by atoms with Gasteiger partial charge in [0.2, 0.25) is 0 Å². The molecule has 96 valence electrons. The van der Waals surface area contributed by atoms with E-state index in [1.54, 1.807) is 13.2 Å². The monoisotopic (exact) mass is 246 g/mol. The molecule has 1 aromatic rings. The minimum absolute atomic E-state index is 0.307. The maximum Gasteiger partial charge on any atom is 0.165 e. The molecule has 2 rings (SSSR count). The fraction of sp³-hybridized carbons (Fsp3) is 0.538. The van der Waals surface area contributed by atoms with Gasteiger partial charge in [-0.15, -0.1) is 0 Å². The Morgan fingerprint density at radius 1 is 1.61 bits per heavy atom. The average Bonchev–Trinajstić information content (AvgIpc) is 2.40. The number of anilines is 2. The van der Waals surface area contributed by atoms with Gasteiger partial charge in [0.15, 0.2) is 5.69 Å². The van der Waals surface area contributed by atoms with Crippen LogP contribution in [0.4, 0.5) is 11.5 Å². The number of aromatic nitrogens is 1. The molecule has 1 aromatic heterocycles. The Bertz CT molecular complexity index is 453. The summed E-state index contributed by atoms with van der Waals surface area (Å²) in [4.78, 5) is 6.51. The van der Waals surface area contributed by atoms with Crippen molar-refractivity contribution < 1.29 is 4.74 Å². The van der Waals surface area contributed by atoms with E-state index in [0.717, 1.165) is 31.9 Å². The van der Waals surface area contributed by atoms with Gasteiger partial charge in [0.05, 0.1) is 12.3 Å². The number of nitrogens with zero attached hydrogens (tertiary/aromatic N) is 3. The van der Waals surface area contributed by atoms with Crippen LogP contribution in [0.25, 0.3) is 0 Å². The molecule has 1 aliphatic rings. The first-order valence-corrected chi connectivity index (χ1v) is 6.15. The van der Waals surface area contributed by atoms with Gasteiger partial charge in [-0.25, -0.2) is 4.98 Å². The summed E-state index contributed by atoms with van der Waals surface area (Å²) in [6.45, 7) is 2.67. The van der Waals surface area contributed by atoms with Crippen molar-refractivity contribution in [2.24, 2.45) is 5.92 Å². The first kappa shape index (κ1) is 12.7. The van der Waals surface area contributed by atoms with Crippen molar-refractivity contribution in [1.82, 2.24) is 4.98 Å². The van der Waals surface area contributed by atoms with Crippen molar-refractivity contribution >= 4 is 11.5 Å². The summed E-state index contributed by atoms with van der Waals surface area (Å²) >= 11 is 0. The van der Waals surface area contributed by atoms with Gasteiger partial charge in [0, 0.05) is 20.2 Å². The van der Waals surface area contributed by atoms with Crippen LogP contribution in [0.1, 0.15) is 18.5 Å². The van der Waals surface area contributed by atoms with Crippen LogP contribution in [-0.2, 0) is 4.74 Å². The van der Waals surface area contributed by atoms with E-state index in [1.165, 1.54) is 6.42 Å². The maximum atomic E-state index is 8.95. The lowest BCUT2D eigenvalue weighted by Crippen LogP contribution is -2.37. The number of methoxy groups -OCH3 is 1. The highest BCUT2D eigenvalue weighted by Crippen LogP contribution is 2.23. The second kappa shape index (κ2) is 5.69. The van der Waals surface area contributed by atoms with E-state index >= 15 is 0 Å². The number of nitrogen functional groups attached to an aromatic ring is 1. The summed E-state index contributed by atoms with van der Waals surface area (Å²) in [6.07, 6.45) is 2.31. The van der Waals surface area contributed by atoms with Gasteiger partial charge >= 0.3 is 0 Å². The molecule has 2 heterocycles. The molecule has 1 atom stereocenters. The quantitative estimate of drug-likeness (QED) is 0.872. The van der Waals surface area contributed by atoms with E-state index in [0.29, 0.717) is 17.3 Å². The molecule has 1 unspecified atom stereocenters. The highest BCUT2D eigenvalue weighted by atomic mass is 16.5. The van der Waals surface area contributed by atoms with E-state index < -0.39 is 0 Å². The smallest absolute Gasteiger partial charge is 0.165 e. The van der Waals surface area contributed by atoms with Crippen LogP contribution in [0.5, 0.6) is 0 Å². The van der Waals surface area contributed by atoms with Crippen LogP contribution in [0, 0.1) is 17.2 Å². The Balaban J connectivity index is 2.13. The summed E-state index contributed by atoms with van der Waals surface area (Å²) in [7, 11) is 1.73. The number of nitrogens with two attached hydrogens (primary N) is 1. The maximum absolute atomic E-state index is 8.95. The van der Waals surface area contributed by atoms with E-state index in [4.69, 9.17) is 15.7 Å². The molecule has 0 aromatic carbocycles. The summed E-state index contributed by atoms with van der Waals surface area (Å²) in [6, 6.07) is 5.65. The van der Waals surface area contributed by atoms with Gasteiger partial charge in [-0.2, -0.15) is 5.26 Å². The number of hydrogen-bond acceptors (Lipinski definition) is 5. The number of pyridine rings is 1. The lowest BCUT2D eigenvalue weighted by atomic mass is 9.99. The molecular formula is C13H18N4O. The first-order valence-electron chi connectivity index (χ1n) is 6.15. The minimum atomic E-state index is 0.307. The van der Waals surface area contributed by atoms with Crippen LogP contribution in [0.15, 0.2) is 12.1 Å². The zero-order valence-electron chi connectivity index (χ0n) is 10.6. The SMILES string of the molecule is COCC1CCCN(c2ccc(N)c(C#N)n2)C1. The third-order valence-electron chi connectivity index (χ3n) is 3.26. The van der Waals surface area contributed by atoms with Crippen molar-refractivity contribution in [2.75, 3.05) is 37.4 Å². The van der Waals surface area contributed by atoms with Crippen LogP contribution < -0.4 is 10.6 Å². The van der Waals surface area contributed by atoms with Crippen molar-refractivity contribution in [1.29, 1.82) is 5.26 Å². The first-order chi connectivity index (χ1) is 8.74. The summed E-state index contributed by atoms with van der Waals surface area (Å²) < 4.78 is 5.21. The molecular weight excluding hydrogens is 228 g/mol. The van der Waals surface area contributed by atoms with Gasteiger partial charge in [-0.3, -0.25) is 0 Å². The largest absolute Gasteiger partial charge is 0.396 e. The van der Waals surface area contributed by atoms with Crippen LogP contribution in [0.3, 0.4) is 0 Å². The molecule has 1 aliphatic heterocycles. The second-order valence-corrected chi connectivity index (χ2v) is 4.63. The second-order valence-electron chi connectivity index (χ2n) is 4.63. The molecule has 1 saturated heterocycles. The summed E-state index contributed by atoms with van der Waals surface area (Å²) in [5.41, 5.74) is 6.42. The Kier molecular flexibility index (Phi) is 4.00. The highest BCUT2D eigenvalue weighted by Gasteiger charge is 2.21. The molecule has 5 nitrogen and oxygen atoms in total. The summed E-state index contributed by atoms with van der Waals surface area (Å²) in [5.74, 6) is 1.37. The topological polar surface area (TPSA) is 75.2 Å². The van der Waals surface area contributed by atoms with Gasteiger partial charge < -0.3 is 15.4 Å². The van der Waals surface area contributed by atoms with Crippen molar-refractivity contribution in [3.8, 4) is 6.07 Å². The Morgan fingerprint density at radius 3 is 3.17 bits per heavy atom.